The van der Waals surface area contributed by atoms with Gasteiger partial charge < -0.3 is 5.73 Å². The Morgan fingerprint density at radius 3 is 2.41 bits per heavy atom. The molecule has 94 valence electrons. The third kappa shape index (κ3) is 3.08. The van der Waals surface area contributed by atoms with Gasteiger partial charge in [-0.2, -0.15) is 0 Å². The van der Waals surface area contributed by atoms with Gasteiger partial charge in [-0.25, -0.2) is 0 Å². The molecule has 2 rings (SSSR count). The van der Waals surface area contributed by atoms with Crippen molar-refractivity contribution in [1.29, 1.82) is 0 Å². The fourth-order valence-corrected chi connectivity index (χ4v) is 2.74. The van der Waals surface area contributed by atoms with Gasteiger partial charge in [0.05, 0.1) is 5.66 Å². The molecular formula is C15H24N2. The van der Waals surface area contributed by atoms with Crippen LogP contribution in [0, 0.1) is 0 Å². The zero-order chi connectivity index (χ0) is 12.1. The Hall–Kier alpha value is -0.860. The van der Waals surface area contributed by atoms with E-state index in [1.807, 2.05) is 6.07 Å². The third-order valence-electron chi connectivity index (χ3n) is 3.91. The minimum atomic E-state index is -0.358. The molecule has 0 spiro atoms. The van der Waals surface area contributed by atoms with E-state index in [0.717, 1.165) is 6.42 Å². The highest BCUT2D eigenvalue weighted by atomic mass is 15.1. The molecule has 0 amide bonds. The zero-order valence-corrected chi connectivity index (χ0v) is 10.8. The van der Waals surface area contributed by atoms with Crippen molar-refractivity contribution < 1.29 is 0 Å². The Bertz CT molecular complexity index is 330. The van der Waals surface area contributed by atoms with E-state index in [1.54, 1.807) is 0 Å². The van der Waals surface area contributed by atoms with E-state index in [1.165, 1.54) is 37.7 Å². The average molecular weight is 232 g/mol. The lowest BCUT2D eigenvalue weighted by Gasteiger charge is -2.36. The van der Waals surface area contributed by atoms with Crippen molar-refractivity contribution in [1.82, 2.24) is 5.32 Å². The van der Waals surface area contributed by atoms with Crippen molar-refractivity contribution in [2.45, 2.75) is 57.2 Å². The Balaban J connectivity index is 2.08. The zero-order valence-electron chi connectivity index (χ0n) is 10.8. The van der Waals surface area contributed by atoms with Crippen molar-refractivity contribution in [2.75, 3.05) is 0 Å². The highest BCUT2D eigenvalue weighted by Crippen LogP contribution is 2.24. The van der Waals surface area contributed by atoms with E-state index in [9.17, 15) is 0 Å². The van der Waals surface area contributed by atoms with Crippen LogP contribution in [0.15, 0.2) is 30.3 Å². The summed E-state index contributed by atoms with van der Waals surface area (Å²) >= 11 is 0. The number of benzene rings is 1. The maximum absolute atomic E-state index is 6.54. The summed E-state index contributed by atoms with van der Waals surface area (Å²) in [5.74, 6) is 0. The van der Waals surface area contributed by atoms with E-state index in [4.69, 9.17) is 5.73 Å². The molecule has 1 aliphatic rings. The molecule has 1 unspecified atom stereocenters. The van der Waals surface area contributed by atoms with Crippen LogP contribution in [0.2, 0.25) is 0 Å². The lowest BCUT2D eigenvalue weighted by atomic mass is 9.91. The summed E-state index contributed by atoms with van der Waals surface area (Å²) in [7, 11) is 0. The number of hydrogen-bond donors (Lipinski definition) is 2. The molecule has 1 saturated carbocycles. The predicted octanol–water partition coefficient (Wildman–Crippen LogP) is 3.13. The van der Waals surface area contributed by atoms with Gasteiger partial charge >= 0.3 is 0 Å². The first-order valence-electron chi connectivity index (χ1n) is 6.87. The fraction of sp³-hybridized carbons (Fsp3) is 0.600. The van der Waals surface area contributed by atoms with Gasteiger partial charge in [-0.15, -0.1) is 0 Å². The largest absolute Gasteiger partial charge is 0.310 e. The molecule has 0 bridgehead atoms. The molecule has 1 aliphatic carbocycles. The SMILES string of the molecule is CCC(N)(NC1CCCCC1)c1ccccc1. The third-order valence-corrected chi connectivity index (χ3v) is 3.91. The van der Waals surface area contributed by atoms with Crippen molar-refractivity contribution in [3.8, 4) is 0 Å². The van der Waals surface area contributed by atoms with Gasteiger partial charge in [0.2, 0.25) is 0 Å². The lowest BCUT2D eigenvalue weighted by molar-refractivity contribution is 0.246. The smallest absolute Gasteiger partial charge is 0.0924 e. The Kier molecular flexibility index (Phi) is 4.19. The second-order valence-corrected chi connectivity index (χ2v) is 5.17. The van der Waals surface area contributed by atoms with Gasteiger partial charge in [0.25, 0.3) is 0 Å². The predicted molar refractivity (Wildman–Crippen MR) is 72.6 cm³/mol. The molecule has 0 aromatic heterocycles. The quantitative estimate of drug-likeness (QED) is 0.783. The van der Waals surface area contributed by atoms with Crippen LogP contribution in [0.25, 0.3) is 0 Å². The summed E-state index contributed by atoms with van der Waals surface area (Å²) in [6.07, 6.45) is 7.52. The van der Waals surface area contributed by atoms with Gasteiger partial charge in [-0.05, 0) is 24.8 Å². The monoisotopic (exact) mass is 232 g/mol. The van der Waals surface area contributed by atoms with Crippen LogP contribution in [0.3, 0.4) is 0 Å². The molecule has 0 aliphatic heterocycles. The second kappa shape index (κ2) is 5.65. The molecule has 0 radical (unpaired) electrons. The van der Waals surface area contributed by atoms with E-state index in [2.05, 4.69) is 36.5 Å². The van der Waals surface area contributed by atoms with Crippen LogP contribution in [0.5, 0.6) is 0 Å². The van der Waals surface area contributed by atoms with Gasteiger partial charge in [0.15, 0.2) is 0 Å². The van der Waals surface area contributed by atoms with Gasteiger partial charge in [0.1, 0.15) is 0 Å². The van der Waals surface area contributed by atoms with Gasteiger partial charge in [0, 0.05) is 6.04 Å². The van der Waals surface area contributed by atoms with Crippen LogP contribution in [-0.2, 0) is 5.66 Å². The summed E-state index contributed by atoms with van der Waals surface area (Å²) < 4.78 is 0. The standard InChI is InChI=1S/C15H24N2/c1-2-15(16,13-9-5-3-6-10-13)17-14-11-7-4-8-12-14/h3,5-6,9-10,14,17H,2,4,7-8,11-12,16H2,1H3. The average Bonchev–Trinajstić information content (AvgIpc) is 2.41. The van der Waals surface area contributed by atoms with Crippen LogP contribution < -0.4 is 11.1 Å². The molecule has 0 saturated heterocycles. The van der Waals surface area contributed by atoms with E-state index in [0.29, 0.717) is 6.04 Å². The number of nitrogens with one attached hydrogen (secondary N) is 1. The van der Waals surface area contributed by atoms with Gasteiger partial charge in [-0.1, -0.05) is 56.5 Å². The fourth-order valence-electron chi connectivity index (χ4n) is 2.74. The molecule has 17 heavy (non-hydrogen) atoms. The molecule has 2 heteroatoms. The first-order valence-corrected chi connectivity index (χ1v) is 6.87. The second-order valence-electron chi connectivity index (χ2n) is 5.17. The van der Waals surface area contributed by atoms with E-state index < -0.39 is 0 Å². The van der Waals surface area contributed by atoms with Crippen molar-refractivity contribution in [3.63, 3.8) is 0 Å². The normalized spacial score (nSPS) is 21.1. The minimum absolute atomic E-state index is 0.358. The van der Waals surface area contributed by atoms with E-state index >= 15 is 0 Å². The first-order chi connectivity index (χ1) is 8.24. The summed E-state index contributed by atoms with van der Waals surface area (Å²) in [5.41, 5.74) is 7.38. The highest BCUT2D eigenvalue weighted by molar-refractivity contribution is 5.23. The molecule has 1 atom stereocenters. The van der Waals surface area contributed by atoms with Gasteiger partial charge in [-0.3, -0.25) is 5.32 Å². The number of hydrogen-bond acceptors (Lipinski definition) is 2. The summed E-state index contributed by atoms with van der Waals surface area (Å²) in [6.45, 7) is 2.16. The highest BCUT2D eigenvalue weighted by Gasteiger charge is 2.28. The molecule has 3 N–H and O–H groups in total. The van der Waals surface area contributed by atoms with Crippen molar-refractivity contribution in [2.24, 2.45) is 5.73 Å². The van der Waals surface area contributed by atoms with E-state index in [-0.39, 0.29) is 5.66 Å². The van der Waals surface area contributed by atoms with Crippen LogP contribution in [-0.4, -0.2) is 6.04 Å². The van der Waals surface area contributed by atoms with Crippen LogP contribution in [0.1, 0.15) is 51.0 Å². The minimum Gasteiger partial charge on any atom is -0.310 e. The summed E-state index contributed by atoms with van der Waals surface area (Å²) in [5, 5.41) is 3.68. The molecule has 1 fully saturated rings. The maximum atomic E-state index is 6.54. The molecule has 2 nitrogen and oxygen atoms in total. The van der Waals surface area contributed by atoms with Crippen LogP contribution >= 0.6 is 0 Å². The van der Waals surface area contributed by atoms with Crippen LogP contribution in [0.4, 0.5) is 0 Å². The Morgan fingerprint density at radius 1 is 1.18 bits per heavy atom. The molecule has 1 aromatic rings. The molecule has 1 aromatic carbocycles. The molecule has 0 heterocycles. The molecular weight excluding hydrogens is 208 g/mol. The summed E-state index contributed by atoms with van der Waals surface area (Å²) in [6, 6.07) is 11.0. The summed E-state index contributed by atoms with van der Waals surface area (Å²) in [4.78, 5) is 0. The van der Waals surface area contributed by atoms with Crippen molar-refractivity contribution >= 4 is 0 Å². The van der Waals surface area contributed by atoms with Crippen molar-refractivity contribution in [3.05, 3.63) is 35.9 Å². The lowest BCUT2D eigenvalue weighted by Crippen LogP contribution is -2.54. The Labute approximate surface area is 105 Å². The number of rotatable bonds is 4. The maximum Gasteiger partial charge on any atom is 0.0924 e. The Morgan fingerprint density at radius 2 is 1.82 bits per heavy atom. The first kappa shape index (κ1) is 12.6. The topological polar surface area (TPSA) is 38.0 Å². The number of nitrogens with two attached hydrogens (primary N) is 1.